The van der Waals surface area contributed by atoms with Crippen LogP contribution in [0.4, 0.5) is 5.82 Å². The normalized spacial score (nSPS) is 10.8. The lowest BCUT2D eigenvalue weighted by molar-refractivity contribution is 0.411. The van der Waals surface area contributed by atoms with Crippen molar-refractivity contribution in [3.63, 3.8) is 0 Å². The number of aromatic nitrogens is 4. The van der Waals surface area contributed by atoms with Crippen molar-refractivity contribution in [2.75, 3.05) is 20.0 Å². The van der Waals surface area contributed by atoms with E-state index in [1.807, 2.05) is 29.6 Å². The molecule has 4 rings (SSSR count). The molecule has 2 aromatic carbocycles. The first kappa shape index (κ1) is 18.3. The van der Waals surface area contributed by atoms with Gasteiger partial charge in [-0.25, -0.2) is 4.98 Å². The predicted octanol–water partition coefficient (Wildman–Crippen LogP) is 4.31. The van der Waals surface area contributed by atoms with Gasteiger partial charge in [-0.05, 0) is 30.3 Å². The van der Waals surface area contributed by atoms with Gasteiger partial charge in [0.1, 0.15) is 22.2 Å². The molecule has 2 aromatic heterocycles. The van der Waals surface area contributed by atoms with Gasteiger partial charge in [-0.3, -0.25) is 0 Å². The number of ether oxygens (including phenoxy) is 2. The molecule has 0 unspecified atom stereocenters. The van der Waals surface area contributed by atoms with Crippen LogP contribution < -0.4 is 15.2 Å². The minimum atomic E-state index is 0.349. The summed E-state index contributed by atoms with van der Waals surface area (Å²) in [4.78, 5) is 4.67. The molecule has 142 valence electrons. The third-order valence-electron chi connectivity index (χ3n) is 4.16. The Bertz CT molecular complexity index is 1140. The number of methoxy groups -OCH3 is 2. The van der Waals surface area contributed by atoms with Gasteiger partial charge in [0.15, 0.2) is 11.5 Å². The van der Waals surface area contributed by atoms with Crippen molar-refractivity contribution in [2.24, 2.45) is 0 Å². The van der Waals surface area contributed by atoms with Gasteiger partial charge in [0.25, 0.3) is 0 Å². The summed E-state index contributed by atoms with van der Waals surface area (Å²) in [6.45, 7) is 0. The van der Waals surface area contributed by atoms with Gasteiger partial charge in [0.2, 0.25) is 0 Å². The number of halogens is 1. The van der Waals surface area contributed by atoms with Crippen LogP contribution in [-0.2, 0) is 0 Å². The Labute approximate surface area is 170 Å². The zero-order valence-electron chi connectivity index (χ0n) is 15.1. The zero-order valence-corrected chi connectivity index (χ0v) is 16.7. The molecule has 0 aliphatic heterocycles. The minimum absolute atomic E-state index is 0.349. The first-order valence-electron chi connectivity index (χ1n) is 8.26. The molecule has 2 N–H and O–H groups in total. The Hall–Kier alpha value is -3.10. The number of anilines is 1. The molecular weight excluding hydrogens is 398 g/mol. The van der Waals surface area contributed by atoms with E-state index in [9.17, 15) is 0 Å². The van der Waals surface area contributed by atoms with Crippen molar-refractivity contribution in [3.8, 4) is 39.1 Å². The molecule has 0 aliphatic rings. The van der Waals surface area contributed by atoms with Crippen LogP contribution in [0.15, 0.2) is 47.8 Å². The van der Waals surface area contributed by atoms with Crippen LogP contribution in [0, 0.1) is 0 Å². The number of benzene rings is 2. The van der Waals surface area contributed by atoms with Crippen molar-refractivity contribution in [1.29, 1.82) is 0 Å². The van der Waals surface area contributed by atoms with E-state index in [2.05, 4.69) is 15.3 Å². The first-order valence-corrected chi connectivity index (χ1v) is 9.52. The highest BCUT2D eigenvalue weighted by atomic mass is 35.5. The van der Waals surface area contributed by atoms with Crippen LogP contribution >= 0.6 is 22.9 Å². The van der Waals surface area contributed by atoms with Gasteiger partial charge in [-0.15, -0.1) is 16.4 Å². The standard InChI is InChI=1S/C19H16ClN5O2S/c1-26-15-6-4-3-5-12(15)13-10-28-19(22-13)17-18(21)25(24-23-17)14-9-11(20)7-8-16(14)27-2/h3-10H,21H2,1-2H3. The Kier molecular flexibility index (Phi) is 4.89. The lowest BCUT2D eigenvalue weighted by Gasteiger charge is -2.09. The summed E-state index contributed by atoms with van der Waals surface area (Å²) in [5, 5.41) is 11.5. The molecule has 4 aromatic rings. The van der Waals surface area contributed by atoms with Crippen LogP contribution in [0.25, 0.3) is 27.6 Å². The summed E-state index contributed by atoms with van der Waals surface area (Å²) in [6, 6.07) is 12.9. The highest BCUT2D eigenvalue weighted by Crippen LogP contribution is 2.36. The Morgan fingerprint density at radius 3 is 2.64 bits per heavy atom. The average Bonchev–Trinajstić information content (AvgIpc) is 3.34. The van der Waals surface area contributed by atoms with E-state index in [4.69, 9.17) is 26.8 Å². The molecular formula is C19H16ClN5O2S. The van der Waals surface area contributed by atoms with Crippen LogP contribution in [0.1, 0.15) is 0 Å². The van der Waals surface area contributed by atoms with E-state index < -0.39 is 0 Å². The van der Waals surface area contributed by atoms with Crippen molar-refractivity contribution < 1.29 is 9.47 Å². The number of nitrogens with two attached hydrogens (primary N) is 1. The van der Waals surface area contributed by atoms with Gasteiger partial charge in [-0.1, -0.05) is 28.9 Å². The maximum absolute atomic E-state index is 6.33. The van der Waals surface area contributed by atoms with E-state index in [1.165, 1.54) is 16.0 Å². The van der Waals surface area contributed by atoms with E-state index in [0.717, 1.165) is 17.0 Å². The number of rotatable bonds is 5. The Morgan fingerprint density at radius 2 is 1.86 bits per heavy atom. The molecule has 0 amide bonds. The number of nitrogens with zero attached hydrogens (tertiary/aromatic N) is 4. The molecule has 0 bridgehead atoms. The van der Waals surface area contributed by atoms with Crippen LogP contribution in [0.2, 0.25) is 5.02 Å². The smallest absolute Gasteiger partial charge is 0.165 e. The third-order valence-corrected chi connectivity index (χ3v) is 5.25. The highest BCUT2D eigenvalue weighted by Gasteiger charge is 2.19. The summed E-state index contributed by atoms with van der Waals surface area (Å²) in [7, 11) is 3.20. The molecule has 0 saturated carbocycles. The molecule has 0 atom stereocenters. The maximum Gasteiger partial charge on any atom is 0.165 e. The summed E-state index contributed by atoms with van der Waals surface area (Å²) >= 11 is 7.55. The fraction of sp³-hybridized carbons (Fsp3) is 0.105. The van der Waals surface area contributed by atoms with E-state index >= 15 is 0 Å². The minimum Gasteiger partial charge on any atom is -0.496 e. The summed E-state index contributed by atoms with van der Waals surface area (Å²) in [5.41, 5.74) is 9.11. The number of hydrogen-bond acceptors (Lipinski definition) is 7. The van der Waals surface area contributed by atoms with Crippen molar-refractivity contribution in [2.45, 2.75) is 0 Å². The predicted molar refractivity (Wildman–Crippen MR) is 110 cm³/mol. The fourth-order valence-electron chi connectivity index (χ4n) is 2.81. The third kappa shape index (κ3) is 3.17. The van der Waals surface area contributed by atoms with E-state index in [1.54, 1.807) is 32.4 Å². The molecule has 0 radical (unpaired) electrons. The van der Waals surface area contributed by atoms with Gasteiger partial charge in [-0.2, -0.15) is 4.68 Å². The zero-order chi connectivity index (χ0) is 19.7. The number of para-hydroxylation sites is 1. The molecule has 0 saturated heterocycles. The van der Waals surface area contributed by atoms with Crippen LogP contribution in [0.3, 0.4) is 0 Å². The van der Waals surface area contributed by atoms with Gasteiger partial charge < -0.3 is 15.2 Å². The number of nitrogen functional groups attached to an aromatic ring is 1. The van der Waals surface area contributed by atoms with Gasteiger partial charge >= 0.3 is 0 Å². The molecule has 9 heteroatoms. The highest BCUT2D eigenvalue weighted by molar-refractivity contribution is 7.13. The van der Waals surface area contributed by atoms with Crippen LogP contribution in [-0.4, -0.2) is 34.2 Å². The average molecular weight is 414 g/mol. The summed E-state index contributed by atoms with van der Waals surface area (Å²) < 4.78 is 12.3. The second kappa shape index (κ2) is 7.49. The number of thiazole rings is 1. The lowest BCUT2D eigenvalue weighted by Crippen LogP contribution is -2.04. The Balaban J connectivity index is 1.75. The number of hydrogen-bond donors (Lipinski definition) is 1. The second-order valence-corrected chi connectivity index (χ2v) is 7.08. The van der Waals surface area contributed by atoms with Gasteiger partial charge in [0.05, 0.1) is 19.9 Å². The molecule has 28 heavy (non-hydrogen) atoms. The second-order valence-electron chi connectivity index (χ2n) is 5.79. The van der Waals surface area contributed by atoms with Crippen molar-refractivity contribution in [3.05, 3.63) is 52.9 Å². The summed E-state index contributed by atoms with van der Waals surface area (Å²) in [5.74, 6) is 1.68. The van der Waals surface area contributed by atoms with E-state index in [-0.39, 0.29) is 0 Å². The summed E-state index contributed by atoms with van der Waals surface area (Å²) in [6.07, 6.45) is 0. The van der Waals surface area contributed by atoms with Crippen molar-refractivity contribution in [1.82, 2.24) is 20.0 Å². The monoisotopic (exact) mass is 413 g/mol. The fourth-order valence-corrected chi connectivity index (χ4v) is 3.79. The Morgan fingerprint density at radius 1 is 1.07 bits per heavy atom. The molecule has 0 spiro atoms. The molecule has 2 heterocycles. The van der Waals surface area contributed by atoms with Crippen molar-refractivity contribution >= 4 is 28.8 Å². The molecule has 7 nitrogen and oxygen atoms in total. The van der Waals surface area contributed by atoms with Gasteiger partial charge in [0, 0.05) is 16.0 Å². The quantitative estimate of drug-likeness (QED) is 0.524. The molecule has 0 aliphatic carbocycles. The van der Waals surface area contributed by atoms with Crippen LogP contribution in [0.5, 0.6) is 11.5 Å². The van der Waals surface area contributed by atoms with E-state index in [0.29, 0.717) is 33.0 Å². The maximum atomic E-state index is 6.33. The largest absolute Gasteiger partial charge is 0.496 e. The first-order chi connectivity index (χ1) is 13.6. The topological polar surface area (TPSA) is 88.1 Å². The SMILES string of the molecule is COc1ccccc1-c1csc(-c2nnn(-c3cc(Cl)ccc3OC)c2N)n1. The lowest BCUT2D eigenvalue weighted by atomic mass is 10.1. The molecule has 0 fully saturated rings.